The Bertz CT molecular complexity index is 560. The fourth-order valence-corrected chi connectivity index (χ4v) is 2.86. The van der Waals surface area contributed by atoms with Crippen LogP contribution < -0.4 is 10.1 Å². The van der Waals surface area contributed by atoms with Gasteiger partial charge in [-0.15, -0.1) is 0 Å². The molecule has 18 heavy (non-hydrogen) atoms. The summed E-state index contributed by atoms with van der Waals surface area (Å²) >= 11 is 0. The number of aliphatic hydroxyl groups is 1. The summed E-state index contributed by atoms with van der Waals surface area (Å²) in [6.07, 6.45) is 0.642. The van der Waals surface area contributed by atoms with E-state index in [4.69, 9.17) is 4.74 Å². The third-order valence-electron chi connectivity index (χ3n) is 3.58. The smallest absolute Gasteiger partial charge is 0.254 e. The number of fused-ring (bicyclic) bond motifs is 4. The van der Waals surface area contributed by atoms with Crippen LogP contribution >= 0.6 is 0 Å². The molecule has 2 aliphatic rings. The molecular weight excluding hydrogens is 230 g/mol. The van der Waals surface area contributed by atoms with Crippen molar-refractivity contribution < 1.29 is 14.6 Å². The fourth-order valence-electron chi connectivity index (χ4n) is 2.86. The van der Waals surface area contributed by atoms with Gasteiger partial charge in [0.05, 0.1) is 11.3 Å². The standard InChI is InChI=1S/C14H15NO3/c1-8(16)12-10-7-14(2,15-13(12)17)18-11-6-4-3-5-9(10)11/h3-6,10,16H,7H2,1-2H3,(H,15,17). The number of carbonyl (C=O) groups is 1. The van der Waals surface area contributed by atoms with Crippen molar-refractivity contribution in [2.75, 3.05) is 0 Å². The number of nitrogens with one attached hydrogen (secondary N) is 1. The summed E-state index contributed by atoms with van der Waals surface area (Å²) < 4.78 is 5.85. The highest BCUT2D eigenvalue weighted by Crippen LogP contribution is 2.46. The zero-order valence-electron chi connectivity index (χ0n) is 10.4. The molecule has 4 nitrogen and oxygen atoms in total. The first-order valence-corrected chi connectivity index (χ1v) is 6.00. The van der Waals surface area contributed by atoms with Crippen LogP contribution in [0.3, 0.4) is 0 Å². The first-order chi connectivity index (χ1) is 8.50. The van der Waals surface area contributed by atoms with E-state index in [2.05, 4.69) is 5.32 Å². The Morgan fingerprint density at radius 2 is 2.22 bits per heavy atom. The van der Waals surface area contributed by atoms with Gasteiger partial charge in [0.15, 0.2) is 5.72 Å². The highest BCUT2D eigenvalue weighted by atomic mass is 16.5. The molecule has 1 aromatic rings. The van der Waals surface area contributed by atoms with Crippen LogP contribution in [0.15, 0.2) is 35.6 Å². The van der Waals surface area contributed by atoms with E-state index in [0.717, 1.165) is 11.3 Å². The lowest BCUT2D eigenvalue weighted by atomic mass is 9.78. The van der Waals surface area contributed by atoms with Crippen molar-refractivity contribution in [1.82, 2.24) is 5.32 Å². The summed E-state index contributed by atoms with van der Waals surface area (Å²) in [5.41, 5.74) is 0.728. The van der Waals surface area contributed by atoms with Crippen LogP contribution in [0.2, 0.25) is 0 Å². The molecule has 1 aromatic carbocycles. The number of para-hydroxylation sites is 1. The first kappa shape index (κ1) is 11.1. The van der Waals surface area contributed by atoms with Crippen LogP contribution in [0.25, 0.3) is 0 Å². The van der Waals surface area contributed by atoms with Gasteiger partial charge in [0.2, 0.25) is 0 Å². The van der Waals surface area contributed by atoms with Gasteiger partial charge in [0.25, 0.3) is 5.91 Å². The number of rotatable bonds is 0. The number of aliphatic hydroxyl groups excluding tert-OH is 1. The summed E-state index contributed by atoms with van der Waals surface area (Å²) in [6, 6.07) is 7.66. The quantitative estimate of drug-likeness (QED) is 0.544. The minimum absolute atomic E-state index is 0.0799. The van der Waals surface area contributed by atoms with Gasteiger partial charge >= 0.3 is 0 Å². The van der Waals surface area contributed by atoms with Crippen LogP contribution in [-0.4, -0.2) is 16.7 Å². The number of hydrogen-bond donors (Lipinski definition) is 2. The topological polar surface area (TPSA) is 58.6 Å². The van der Waals surface area contributed by atoms with Gasteiger partial charge in [-0.2, -0.15) is 0 Å². The highest BCUT2D eigenvalue weighted by Gasteiger charge is 2.46. The molecule has 0 saturated carbocycles. The second-order valence-corrected chi connectivity index (χ2v) is 5.08. The van der Waals surface area contributed by atoms with E-state index < -0.39 is 5.72 Å². The Morgan fingerprint density at radius 3 is 2.94 bits per heavy atom. The van der Waals surface area contributed by atoms with E-state index in [1.807, 2.05) is 31.2 Å². The van der Waals surface area contributed by atoms with Crippen LogP contribution in [0.5, 0.6) is 5.75 Å². The molecule has 2 unspecified atom stereocenters. The Morgan fingerprint density at radius 1 is 1.50 bits per heavy atom. The summed E-state index contributed by atoms with van der Waals surface area (Å²) in [7, 11) is 0. The zero-order valence-corrected chi connectivity index (χ0v) is 10.4. The molecule has 2 bridgehead atoms. The van der Waals surface area contributed by atoms with Crippen LogP contribution in [0, 0.1) is 0 Å². The molecular formula is C14H15NO3. The maximum atomic E-state index is 12.1. The number of ether oxygens (including phenoxy) is 1. The summed E-state index contributed by atoms with van der Waals surface area (Å²) in [4.78, 5) is 12.1. The summed E-state index contributed by atoms with van der Waals surface area (Å²) in [5.74, 6) is 0.508. The SMILES string of the molecule is CC(O)=C1C(=O)NC2(C)CC1c1ccccc1O2. The number of hydrogen-bond acceptors (Lipinski definition) is 3. The average Bonchev–Trinajstić information content (AvgIpc) is 2.26. The maximum Gasteiger partial charge on any atom is 0.254 e. The van der Waals surface area contributed by atoms with Crippen molar-refractivity contribution in [1.29, 1.82) is 0 Å². The van der Waals surface area contributed by atoms with Crippen LogP contribution in [0.4, 0.5) is 0 Å². The molecule has 2 aliphatic heterocycles. The lowest BCUT2D eigenvalue weighted by molar-refractivity contribution is -0.127. The molecule has 1 amide bonds. The molecule has 0 aromatic heterocycles. The van der Waals surface area contributed by atoms with E-state index in [9.17, 15) is 9.90 Å². The third kappa shape index (κ3) is 1.49. The van der Waals surface area contributed by atoms with E-state index in [1.54, 1.807) is 6.92 Å². The number of amides is 1. The summed E-state index contributed by atoms with van der Waals surface area (Å²) in [5, 5.41) is 12.6. The van der Waals surface area contributed by atoms with E-state index in [1.165, 1.54) is 0 Å². The highest BCUT2D eigenvalue weighted by molar-refractivity contribution is 5.97. The van der Waals surface area contributed by atoms with Crippen molar-refractivity contribution in [3.05, 3.63) is 41.2 Å². The molecule has 0 aliphatic carbocycles. The van der Waals surface area contributed by atoms with Gasteiger partial charge in [-0.3, -0.25) is 4.79 Å². The van der Waals surface area contributed by atoms with Crippen molar-refractivity contribution >= 4 is 5.91 Å². The van der Waals surface area contributed by atoms with E-state index in [0.29, 0.717) is 12.0 Å². The third-order valence-corrected chi connectivity index (χ3v) is 3.58. The van der Waals surface area contributed by atoms with Crippen molar-refractivity contribution in [2.24, 2.45) is 0 Å². The lowest BCUT2D eigenvalue weighted by Crippen LogP contribution is -2.58. The monoisotopic (exact) mass is 245 g/mol. The number of benzene rings is 1. The minimum atomic E-state index is -0.685. The van der Waals surface area contributed by atoms with Crippen molar-refractivity contribution in [2.45, 2.75) is 31.9 Å². The van der Waals surface area contributed by atoms with Gasteiger partial charge in [-0.05, 0) is 19.9 Å². The van der Waals surface area contributed by atoms with E-state index in [-0.39, 0.29) is 17.6 Å². The second-order valence-electron chi connectivity index (χ2n) is 5.08. The average molecular weight is 245 g/mol. The van der Waals surface area contributed by atoms with Crippen molar-refractivity contribution in [3.63, 3.8) is 0 Å². The normalized spacial score (nSPS) is 32.1. The Kier molecular flexibility index (Phi) is 2.17. The first-order valence-electron chi connectivity index (χ1n) is 6.00. The number of carbonyl (C=O) groups excluding carboxylic acids is 1. The molecule has 1 fully saturated rings. The Labute approximate surface area is 105 Å². The molecule has 2 N–H and O–H groups in total. The van der Waals surface area contributed by atoms with E-state index >= 15 is 0 Å². The second kappa shape index (κ2) is 3.51. The van der Waals surface area contributed by atoms with Gasteiger partial charge < -0.3 is 15.2 Å². The zero-order chi connectivity index (χ0) is 12.9. The maximum absolute atomic E-state index is 12.1. The molecule has 4 heteroatoms. The van der Waals surface area contributed by atoms with Crippen molar-refractivity contribution in [3.8, 4) is 5.75 Å². The van der Waals surface area contributed by atoms with Gasteiger partial charge in [0.1, 0.15) is 5.75 Å². The number of piperidine rings is 1. The predicted octanol–water partition coefficient (Wildman–Crippen LogP) is 2.23. The fraction of sp³-hybridized carbons (Fsp3) is 0.357. The van der Waals surface area contributed by atoms with Gasteiger partial charge in [0, 0.05) is 17.9 Å². The molecule has 94 valence electrons. The number of allylic oxidation sites excluding steroid dienone is 1. The molecule has 0 spiro atoms. The van der Waals surface area contributed by atoms with Crippen LogP contribution in [0.1, 0.15) is 31.7 Å². The Hall–Kier alpha value is -1.97. The minimum Gasteiger partial charge on any atom is -0.512 e. The predicted molar refractivity (Wildman–Crippen MR) is 66.3 cm³/mol. The molecule has 2 atom stereocenters. The molecule has 0 radical (unpaired) electrons. The van der Waals surface area contributed by atoms with Crippen LogP contribution in [-0.2, 0) is 4.79 Å². The largest absolute Gasteiger partial charge is 0.512 e. The van der Waals surface area contributed by atoms with Gasteiger partial charge in [-0.1, -0.05) is 18.2 Å². The molecule has 2 heterocycles. The summed E-state index contributed by atoms with van der Waals surface area (Å²) in [6.45, 7) is 3.41. The molecule has 3 rings (SSSR count). The molecule has 1 saturated heterocycles. The van der Waals surface area contributed by atoms with Gasteiger partial charge in [-0.25, -0.2) is 0 Å². The lowest BCUT2D eigenvalue weighted by Gasteiger charge is -2.45. The Balaban J connectivity index is 2.20.